The first-order valence-electron chi connectivity index (χ1n) is 39.7. The number of fused-ring (bicyclic) bond motifs is 1. The Balaban J connectivity index is 0.000000132. The van der Waals surface area contributed by atoms with E-state index in [1.54, 1.807) is 0 Å². The summed E-state index contributed by atoms with van der Waals surface area (Å²) in [5, 5.41) is 0. The largest absolute Gasteiger partial charge is 0.488 e. The Morgan fingerprint density at radius 1 is 0.480 bits per heavy atom. The van der Waals surface area contributed by atoms with Crippen molar-refractivity contribution in [3.8, 4) is 23.0 Å². The summed E-state index contributed by atoms with van der Waals surface area (Å²) in [4.78, 5) is 12.4. The van der Waals surface area contributed by atoms with E-state index in [2.05, 4.69) is 141 Å². The van der Waals surface area contributed by atoms with Crippen molar-refractivity contribution in [2.45, 2.75) is 306 Å². The first-order chi connectivity index (χ1) is 46.8. The number of esters is 1. The number of benzene rings is 4. The summed E-state index contributed by atoms with van der Waals surface area (Å²) in [6, 6.07) is 32.1. The molecular formula is C89H130O9. The van der Waals surface area contributed by atoms with Crippen LogP contribution in [0, 0.1) is 74.9 Å². The van der Waals surface area contributed by atoms with Gasteiger partial charge < -0.3 is 37.9 Å². The van der Waals surface area contributed by atoms with Crippen molar-refractivity contribution in [3.05, 3.63) is 125 Å². The van der Waals surface area contributed by atoms with Crippen LogP contribution < -0.4 is 18.9 Å². The lowest BCUT2D eigenvalue weighted by Crippen LogP contribution is -2.54. The molecule has 0 N–H and O–H groups in total. The third kappa shape index (κ3) is 17.6. The van der Waals surface area contributed by atoms with Crippen LogP contribution >= 0.6 is 0 Å². The van der Waals surface area contributed by atoms with Gasteiger partial charge >= 0.3 is 5.97 Å². The Labute approximate surface area is 594 Å². The second-order valence-electron chi connectivity index (χ2n) is 35.4. The standard InChI is InChI=1S/C24H36O2.C23H34O2.C22H32O2.C20H28O3/c1-5-17(4)21-6-8-22(9-7-21)26-23(25-16(2)3)24-13-18-10-19(14-24)12-20(11-18)15-24;1-4-16(3)20-6-8-21(9-7-20)25-22(24-5-2)23-13-17-10-18(14-23)12-19(11-17)15-23;1-4-15(2)19-5-7-20(8-6-19)24-21(23-3)22-12-16-9-17(13-22)11-18(10-16)14-22;1-7-20(5,6)18(21)22-16-12-8-11-15-14(16)10-9-13-17(15)23-19(2,3)4/h6-9,16-20,23H,5,10-15H2,1-4H3;6-9,16-19,22H,4-5,10-15H2,1-3H3;5-8,15-18,21H,4,9-14H2,1-3H3;8,11-13H,7,9-10H2,1-6H3. The van der Waals surface area contributed by atoms with E-state index in [1.807, 2.05) is 66.9 Å². The SMILES string of the molecule is CCC(C)(C)C(=O)Oc1cccc2c1CCC=C2OC(C)(C)C.CCC(C)c1ccc(OC(OC(C)C)C23CC4CC(CC(C4)C2)C3)cc1.CCC(C)c1ccc(OC(OC)C23CC4CC(CC(C4)C2)C3)cc1.CCOC(Oc1ccc(C(C)CC)cc1)C12CC3CC(CC(C3)C1)C2. The molecule has 9 heteroatoms. The fourth-order valence-electron chi connectivity index (χ4n) is 21.0. The minimum Gasteiger partial charge on any atom is -0.488 e. The first-order valence-corrected chi connectivity index (χ1v) is 39.7. The molecule has 0 saturated heterocycles. The lowest BCUT2D eigenvalue weighted by atomic mass is 9.49. The number of allylic oxidation sites excluding steroid dienone is 1. The molecule has 12 fully saturated rings. The number of methoxy groups -OCH3 is 1. The zero-order valence-electron chi connectivity index (χ0n) is 63.8. The minimum absolute atomic E-state index is 0.0691. The zero-order chi connectivity index (χ0) is 69.7. The molecule has 4 aromatic carbocycles. The normalized spacial score (nSPS) is 30.7. The van der Waals surface area contributed by atoms with Crippen molar-refractivity contribution in [2.24, 2.45) is 74.9 Å². The molecule has 0 aromatic heterocycles. The van der Waals surface area contributed by atoms with Crippen molar-refractivity contribution < 1.29 is 42.7 Å². The molecule has 0 heterocycles. The molecule has 0 aliphatic heterocycles. The number of hydrogen-bond donors (Lipinski definition) is 0. The van der Waals surface area contributed by atoms with Gasteiger partial charge in [-0.15, -0.1) is 0 Å². The molecule has 0 amide bonds. The number of carbonyl (C=O) groups excluding carboxylic acids is 1. The van der Waals surface area contributed by atoms with Crippen LogP contribution in [0.15, 0.2) is 97.1 Å². The molecule has 0 radical (unpaired) electrons. The van der Waals surface area contributed by atoms with Gasteiger partial charge in [0.1, 0.15) is 34.4 Å². The van der Waals surface area contributed by atoms with Crippen molar-refractivity contribution in [2.75, 3.05) is 13.7 Å². The Morgan fingerprint density at radius 3 is 1.17 bits per heavy atom. The highest BCUT2D eigenvalue weighted by molar-refractivity contribution is 5.79. The van der Waals surface area contributed by atoms with Crippen LogP contribution in [0.5, 0.6) is 23.0 Å². The summed E-state index contributed by atoms with van der Waals surface area (Å²) >= 11 is 0. The van der Waals surface area contributed by atoms with Gasteiger partial charge in [-0.05, 0) is 346 Å². The van der Waals surface area contributed by atoms with Gasteiger partial charge in [-0.1, -0.05) is 97.0 Å². The summed E-state index contributed by atoms with van der Waals surface area (Å²) in [6.45, 7) is 32.6. The first kappa shape index (κ1) is 74.4. The second kappa shape index (κ2) is 31.8. The fourth-order valence-corrected chi connectivity index (χ4v) is 21.0. The predicted molar refractivity (Wildman–Crippen MR) is 399 cm³/mol. The summed E-state index contributed by atoms with van der Waals surface area (Å²) < 4.78 is 49.8. The average molecular weight is 1340 g/mol. The van der Waals surface area contributed by atoms with Gasteiger partial charge in [0.15, 0.2) is 0 Å². The van der Waals surface area contributed by atoms with Crippen LogP contribution in [-0.2, 0) is 30.2 Å². The molecule has 540 valence electrons. The van der Waals surface area contributed by atoms with E-state index in [9.17, 15) is 4.79 Å². The molecule has 17 rings (SSSR count). The number of hydrogen-bond acceptors (Lipinski definition) is 9. The molecule has 98 heavy (non-hydrogen) atoms. The van der Waals surface area contributed by atoms with Crippen LogP contribution in [-0.4, -0.2) is 50.3 Å². The van der Waals surface area contributed by atoms with Crippen LogP contribution in [0.1, 0.15) is 297 Å². The zero-order valence-corrected chi connectivity index (χ0v) is 63.8. The minimum atomic E-state index is -0.474. The molecule has 13 aliphatic rings. The van der Waals surface area contributed by atoms with Crippen molar-refractivity contribution in [1.29, 1.82) is 0 Å². The van der Waals surface area contributed by atoms with Gasteiger partial charge in [0, 0.05) is 41.1 Å². The van der Waals surface area contributed by atoms with E-state index in [0.29, 0.717) is 23.5 Å². The monoisotopic (exact) mass is 1340 g/mol. The Bertz CT molecular complexity index is 3110. The van der Waals surface area contributed by atoms with Crippen molar-refractivity contribution >= 4 is 11.7 Å². The van der Waals surface area contributed by atoms with Crippen LogP contribution in [0.4, 0.5) is 0 Å². The molecule has 12 bridgehead atoms. The Kier molecular flexibility index (Phi) is 24.1. The molecule has 0 spiro atoms. The molecule has 9 nitrogen and oxygen atoms in total. The molecule has 6 unspecified atom stereocenters. The van der Waals surface area contributed by atoms with Crippen LogP contribution in [0.2, 0.25) is 0 Å². The predicted octanol–water partition coefficient (Wildman–Crippen LogP) is 23.6. The molecule has 6 atom stereocenters. The Hall–Kier alpha value is -4.83. The van der Waals surface area contributed by atoms with E-state index in [1.165, 1.54) is 152 Å². The van der Waals surface area contributed by atoms with Crippen molar-refractivity contribution in [1.82, 2.24) is 0 Å². The maximum Gasteiger partial charge on any atom is 0.316 e. The number of ether oxygens (including phenoxy) is 8. The molecular weight excluding hydrogens is 1210 g/mol. The average Bonchev–Trinajstić information content (AvgIpc) is 0.752. The van der Waals surface area contributed by atoms with Gasteiger partial charge in [-0.3, -0.25) is 4.79 Å². The third-order valence-electron chi connectivity index (χ3n) is 25.8. The summed E-state index contributed by atoms with van der Waals surface area (Å²) in [7, 11) is 1.83. The topological polar surface area (TPSA) is 90.9 Å². The molecule has 12 saturated carbocycles. The van der Waals surface area contributed by atoms with Gasteiger partial charge in [-0.2, -0.15) is 0 Å². The maximum atomic E-state index is 12.4. The van der Waals surface area contributed by atoms with Gasteiger partial charge in [0.2, 0.25) is 18.9 Å². The van der Waals surface area contributed by atoms with Gasteiger partial charge in [0.25, 0.3) is 0 Å². The lowest BCUT2D eigenvalue weighted by molar-refractivity contribution is -0.227. The molecule has 4 aromatic rings. The second-order valence-corrected chi connectivity index (χ2v) is 35.4. The van der Waals surface area contributed by atoms with E-state index < -0.39 is 5.41 Å². The molecule has 13 aliphatic carbocycles. The highest BCUT2D eigenvalue weighted by atomic mass is 16.7. The smallest absolute Gasteiger partial charge is 0.316 e. The quantitative estimate of drug-likeness (QED) is 0.0386. The number of carbonyl (C=O) groups is 1. The van der Waals surface area contributed by atoms with Crippen LogP contribution in [0.25, 0.3) is 5.76 Å². The van der Waals surface area contributed by atoms with E-state index in [0.717, 1.165) is 113 Å². The van der Waals surface area contributed by atoms with Gasteiger partial charge in [-0.25, -0.2) is 0 Å². The third-order valence-corrected chi connectivity index (χ3v) is 25.8. The summed E-state index contributed by atoms with van der Waals surface area (Å²) in [5.41, 5.74) is 6.34. The van der Waals surface area contributed by atoms with Crippen LogP contribution in [0.3, 0.4) is 0 Å². The maximum absolute atomic E-state index is 12.4. The lowest BCUT2D eigenvalue weighted by Gasteiger charge is -2.58. The fraction of sp³-hybridized carbons (Fsp3) is 0.697. The Morgan fingerprint density at radius 2 is 0.837 bits per heavy atom. The van der Waals surface area contributed by atoms with Crippen molar-refractivity contribution in [3.63, 3.8) is 0 Å². The number of rotatable bonds is 24. The van der Waals surface area contributed by atoms with Gasteiger partial charge in [0.05, 0.1) is 11.5 Å². The highest BCUT2D eigenvalue weighted by Gasteiger charge is 2.59. The summed E-state index contributed by atoms with van der Waals surface area (Å²) in [5.74, 6) is 14.4. The summed E-state index contributed by atoms with van der Waals surface area (Å²) in [6.07, 6.45) is 33.0. The van der Waals surface area contributed by atoms with E-state index in [-0.39, 0.29) is 52.8 Å². The van der Waals surface area contributed by atoms with E-state index in [4.69, 9.17) is 37.9 Å². The van der Waals surface area contributed by atoms with E-state index >= 15 is 0 Å². The highest BCUT2D eigenvalue weighted by Crippen LogP contribution is 2.65.